The van der Waals surface area contributed by atoms with E-state index in [0.29, 0.717) is 10.8 Å². The van der Waals surface area contributed by atoms with Crippen molar-refractivity contribution in [3.05, 3.63) is 53.6 Å². The molecule has 2 aromatic rings. The monoisotopic (exact) mass is 310 g/mol. The number of halogens is 2. The van der Waals surface area contributed by atoms with Gasteiger partial charge in [-0.15, -0.1) is 11.6 Å². The SMILES string of the molecule is O=C(O)C(Cl)COc1ccc(-c2ccccc2)cc1Cl. The molecular formula is C15H12Cl2O3. The van der Waals surface area contributed by atoms with Crippen molar-refractivity contribution in [2.24, 2.45) is 0 Å². The van der Waals surface area contributed by atoms with Crippen molar-refractivity contribution in [2.75, 3.05) is 6.61 Å². The van der Waals surface area contributed by atoms with Crippen LogP contribution in [0.4, 0.5) is 0 Å². The predicted molar refractivity (Wildman–Crippen MR) is 79.7 cm³/mol. The third-order valence-electron chi connectivity index (χ3n) is 2.69. The fourth-order valence-corrected chi connectivity index (χ4v) is 1.96. The molecule has 0 aromatic heterocycles. The smallest absolute Gasteiger partial charge is 0.325 e. The first-order valence-corrected chi connectivity index (χ1v) is 6.74. The molecule has 0 aliphatic carbocycles. The summed E-state index contributed by atoms with van der Waals surface area (Å²) in [7, 11) is 0. The van der Waals surface area contributed by atoms with Gasteiger partial charge < -0.3 is 9.84 Å². The summed E-state index contributed by atoms with van der Waals surface area (Å²) in [5.74, 6) is -0.707. The normalized spacial score (nSPS) is 11.9. The van der Waals surface area contributed by atoms with Gasteiger partial charge in [-0.25, -0.2) is 0 Å². The van der Waals surface area contributed by atoms with Gasteiger partial charge in [0.1, 0.15) is 12.4 Å². The number of hydrogen-bond acceptors (Lipinski definition) is 2. The Balaban J connectivity index is 2.12. The van der Waals surface area contributed by atoms with Crippen LogP contribution in [-0.2, 0) is 4.79 Å². The lowest BCUT2D eigenvalue weighted by Crippen LogP contribution is -2.21. The maximum atomic E-state index is 10.6. The molecule has 2 rings (SSSR count). The van der Waals surface area contributed by atoms with E-state index in [1.807, 2.05) is 36.4 Å². The third kappa shape index (κ3) is 3.65. The Labute approximate surface area is 126 Å². The zero-order chi connectivity index (χ0) is 14.5. The number of ether oxygens (including phenoxy) is 1. The molecule has 0 saturated heterocycles. The van der Waals surface area contributed by atoms with Crippen LogP contribution >= 0.6 is 23.2 Å². The minimum absolute atomic E-state index is 0.138. The van der Waals surface area contributed by atoms with Gasteiger partial charge in [-0.2, -0.15) is 0 Å². The number of carboxylic acid groups (broad SMARTS) is 1. The summed E-state index contributed by atoms with van der Waals surface area (Å²) in [4.78, 5) is 10.6. The molecule has 1 atom stereocenters. The highest BCUT2D eigenvalue weighted by Gasteiger charge is 2.15. The summed E-state index contributed by atoms with van der Waals surface area (Å²) >= 11 is 11.7. The molecule has 20 heavy (non-hydrogen) atoms. The van der Waals surface area contributed by atoms with Gasteiger partial charge in [-0.05, 0) is 23.3 Å². The van der Waals surface area contributed by atoms with E-state index >= 15 is 0 Å². The molecule has 1 unspecified atom stereocenters. The van der Waals surface area contributed by atoms with E-state index in [2.05, 4.69) is 0 Å². The van der Waals surface area contributed by atoms with Crippen LogP contribution in [-0.4, -0.2) is 23.1 Å². The maximum absolute atomic E-state index is 10.6. The maximum Gasteiger partial charge on any atom is 0.325 e. The van der Waals surface area contributed by atoms with E-state index < -0.39 is 11.3 Å². The van der Waals surface area contributed by atoms with Crippen molar-refractivity contribution in [1.82, 2.24) is 0 Å². The molecule has 3 nitrogen and oxygen atoms in total. The van der Waals surface area contributed by atoms with E-state index in [-0.39, 0.29) is 6.61 Å². The van der Waals surface area contributed by atoms with Crippen LogP contribution in [0.2, 0.25) is 5.02 Å². The van der Waals surface area contributed by atoms with Crippen LogP contribution in [0.5, 0.6) is 5.75 Å². The number of hydrogen-bond donors (Lipinski definition) is 1. The first-order valence-electron chi connectivity index (χ1n) is 5.92. The Kier molecular flexibility index (Phi) is 4.88. The number of benzene rings is 2. The van der Waals surface area contributed by atoms with Crippen LogP contribution in [0.25, 0.3) is 11.1 Å². The molecule has 0 amide bonds. The van der Waals surface area contributed by atoms with Crippen LogP contribution < -0.4 is 4.74 Å². The highest BCUT2D eigenvalue weighted by Crippen LogP contribution is 2.30. The fraction of sp³-hybridized carbons (Fsp3) is 0.133. The Hall–Kier alpha value is -1.71. The fourth-order valence-electron chi connectivity index (χ4n) is 1.66. The number of aliphatic carboxylic acids is 1. The van der Waals surface area contributed by atoms with Gasteiger partial charge in [0.05, 0.1) is 5.02 Å². The summed E-state index contributed by atoms with van der Waals surface area (Å²) < 4.78 is 5.31. The highest BCUT2D eigenvalue weighted by molar-refractivity contribution is 6.32. The zero-order valence-corrected chi connectivity index (χ0v) is 11.9. The lowest BCUT2D eigenvalue weighted by molar-refractivity contribution is -0.137. The third-order valence-corrected chi connectivity index (χ3v) is 3.30. The summed E-state index contributed by atoms with van der Waals surface area (Å²) in [6.45, 7) is -0.138. The zero-order valence-electron chi connectivity index (χ0n) is 10.4. The van der Waals surface area contributed by atoms with Gasteiger partial charge in [0.25, 0.3) is 0 Å². The van der Waals surface area contributed by atoms with Crippen LogP contribution in [0.15, 0.2) is 48.5 Å². The van der Waals surface area contributed by atoms with E-state index in [9.17, 15) is 4.79 Å². The topological polar surface area (TPSA) is 46.5 Å². The first kappa shape index (κ1) is 14.7. The van der Waals surface area contributed by atoms with E-state index in [4.69, 9.17) is 33.0 Å². The van der Waals surface area contributed by atoms with Crippen LogP contribution in [0.3, 0.4) is 0 Å². The van der Waals surface area contributed by atoms with E-state index in [1.165, 1.54) is 0 Å². The minimum Gasteiger partial charge on any atom is -0.490 e. The summed E-state index contributed by atoms with van der Waals surface area (Å²) in [5.41, 5.74) is 2.00. The average Bonchev–Trinajstić information content (AvgIpc) is 2.46. The average molecular weight is 311 g/mol. The number of carbonyl (C=O) groups is 1. The molecule has 0 heterocycles. The molecule has 0 saturated carbocycles. The second kappa shape index (κ2) is 6.64. The largest absolute Gasteiger partial charge is 0.490 e. The standard InChI is InChI=1S/C15H12Cl2O3/c16-12-8-11(10-4-2-1-3-5-10)6-7-14(12)20-9-13(17)15(18)19/h1-8,13H,9H2,(H,18,19). The van der Waals surface area contributed by atoms with Crippen molar-refractivity contribution >= 4 is 29.2 Å². The highest BCUT2D eigenvalue weighted by atomic mass is 35.5. The molecule has 0 radical (unpaired) electrons. The lowest BCUT2D eigenvalue weighted by Gasteiger charge is -2.11. The van der Waals surface area contributed by atoms with Gasteiger partial charge in [0.2, 0.25) is 0 Å². The van der Waals surface area contributed by atoms with Crippen LogP contribution in [0.1, 0.15) is 0 Å². The van der Waals surface area contributed by atoms with Gasteiger partial charge in [0.15, 0.2) is 5.38 Å². The molecule has 5 heteroatoms. The Bertz CT molecular complexity index is 599. The molecule has 0 bridgehead atoms. The molecule has 0 fully saturated rings. The quantitative estimate of drug-likeness (QED) is 0.846. The molecule has 0 spiro atoms. The van der Waals surface area contributed by atoms with Crippen molar-refractivity contribution in [3.63, 3.8) is 0 Å². The second-order valence-corrected chi connectivity index (χ2v) is 5.06. The predicted octanol–water partition coefficient (Wildman–Crippen LogP) is 4.08. The minimum atomic E-state index is -1.12. The number of carboxylic acids is 1. The summed E-state index contributed by atoms with van der Waals surface area (Å²) in [6.07, 6.45) is 0. The van der Waals surface area contributed by atoms with E-state index in [1.54, 1.807) is 12.1 Å². The first-order chi connectivity index (χ1) is 9.58. The molecule has 104 valence electrons. The summed E-state index contributed by atoms with van der Waals surface area (Å²) in [6, 6.07) is 15.1. The van der Waals surface area contributed by atoms with E-state index in [0.717, 1.165) is 11.1 Å². The molecular weight excluding hydrogens is 299 g/mol. The second-order valence-electron chi connectivity index (χ2n) is 4.13. The molecule has 0 aliphatic rings. The molecule has 0 aliphatic heterocycles. The lowest BCUT2D eigenvalue weighted by atomic mass is 10.1. The van der Waals surface area contributed by atoms with Gasteiger partial charge in [-0.1, -0.05) is 48.0 Å². The van der Waals surface area contributed by atoms with Crippen LogP contribution in [0, 0.1) is 0 Å². The van der Waals surface area contributed by atoms with Gasteiger partial charge in [-0.3, -0.25) is 4.79 Å². The van der Waals surface area contributed by atoms with Crippen molar-refractivity contribution in [1.29, 1.82) is 0 Å². The number of alkyl halides is 1. The van der Waals surface area contributed by atoms with Gasteiger partial charge >= 0.3 is 5.97 Å². The Morgan fingerprint density at radius 3 is 2.45 bits per heavy atom. The molecule has 1 N–H and O–H groups in total. The van der Waals surface area contributed by atoms with Crippen molar-refractivity contribution < 1.29 is 14.6 Å². The Morgan fingerprint density at radius 2 is 1.85 bits per heavy atom. The Morgan fingerprint density at radius 1 is 1.15 bits per heavy atom. The van der Waals surface area contributed by atoms with Gasteiger partial charge in [0, 0.05) is 0 Å². The number of rotatable bonds is 5. The van der Waals surface area contributed by atoms with Crippen molar-refractivity contribution in [2.45, 2.75) is 5.38 Å². The van der Waals surface area contributed by atoms with Crippen molar-refractivity contribution in [3.8, 4) is 16.9 Å². The summed E-state index contributed by atoms with van der Waals surface area (Å²) in [5, 5.41) is 8.00. The molecule has 2 aromatic carbocycles.